The average Bonchev–Trinajstić information content (AvgIpc) is 3.45. The number of hydrogen-bond donors (Lipinski definition) is 12. The molecular weight excluding hydrogens is 1020 g/mol. The molecule has 450 valence electrons. The minimum atomic E-state index is -2.27. The third kappa shape index (κ3) is 22.6. The molecule has 4 heterocycles. The number of fused-ring (bicyclic) bond motifs is 2. The fraction of sp³-hybridized carbons (Fsp3) is 0.724. The van der Waals surface area contributed by atoms with Crippen LogP contribution in [0.4, 0.5) is 0 Å². The van der Waals surface area contributed by atoms with Crippen molar-refractivity contribution in [3.05, 3.63) is 85.1 Å². The zero-order chi connectivity index (χ0) is 58.2. The normalized spacial score (nSPS) is 41.1. The van der Waals surface area contributed by atoms with Crippen LogP contribution < -0.4 is 11.5 Å². The van der Waals surface area contributed by atoms with E-state index in [9.17, 15) is 60.7 Å². The van der Waals surface area contributed by atoms with Crippen LogP contribution in [0, 0.1) is 17.8 Å². The first-order chi connectivity index (χ1) is 37.6. The number of nitrogens with two attached hydrogens (primary N) is 2. The summed E-state index contributed by atoms with van der Waals surface area (Å²) in [5.74, 6) is -5.36. The molecule has 0 saturated carbocycles. The van der Waals surface area contributed by atoms with E-state index in [1.54, 1.807) is 56.1 Å². The van der Waals surface area contributed by atoms with Crippen LogP contribution in [0.1, 0.15) is 91.9 Å². The molecule has 4 rings (SSSR count). The first-order valence-electron chi connectivity index (χ1n) is 28.4. The maximum absolute atomic E-state index is 14.5. The molecule has 0 aromatic heterocycles. The van der Waals surface area contributed by atoms with E-state index in [1.807, 2.05) is 73.6 Å². The van der Waals surface area contributed by atoms with Crippen LogP contribution in [0.2, 0.25) is 0 Å². The highest BCUT2D eigenvalue weighted by Crippen LogP contribution is 2.39. The van der Waals surface area contributed by atoms with Gasteiger partial charge in [-0.15, -0.1) is 0 Å². The summed E-state index contributed by atoms with van der Waals surface area (Å²) in [6.45, 7) is 10.5. The van der Waals surface area contributed by atoms with E-state index in [-0.39, 0.29) is 31.6 Å². The predicted molar refractivity (Wildman–Crippen MR) is 298 cm³/mol. The third-order valence-electron chi connectivity index (χ3n) is 15.5. The maximum Gasteiger partial charge on any atom is 0.308 e. The number of nitrogens with zero attached hydrogens (tertiary/aromatic N) is 3. The van der Waals surface area contributed by atoms with Crippen molar-refractivity contribution in [1.29, 1.82) is 0 Å². The Kier molecular flexibility index (Phi) is 29.9. The monoisotopic (exact) mass is 1120 g/mol. The molecule has 0 aliphatic carbocycles. The Hall–Kier alpha value is -3.56. The number of rotatable bonds is 10. The Morgan fingerprint density at radius 3 is 1.82 bits per heavy atom. The smallest absolute Gasteiger partial charge is 0.308 e. The summed E-state index contributed by atoms with van der Waals surface area (Å²) in [6.07, 6.45) is 6.68. The summed E-state index contributed by atoms with van der Waals surface area (Å²) in [6, 6.07) is -0.840. The number of amides is 1. The van der Waals surface area contributed by atoms with Gasteiger partial charge >= 0.3 is 5.97 Å². The molecule has 1 amide bonds. The molecule has 3 fully saturated rings. The van der Waals surface area contributed by atoms with Crippen LogP contribution in [-0.2, 0) is 28.5 Å². The Balaban J connectivity index is 1.68. The van der Waals surface area contributed by atoms with Crippen molar-refractivity contribution < 1.29 is 79.6 Å². The van der Waals surface area contributed by atoms with Crippen molar-refractivity contribution in [3.8, 4) is 0 Å². The van der Waals surface area contributed by atoms with Gasteiger partial charge in [0.25, 0.3) is 0 Å². The highest BCUT2D eigenvalue weighted by atomic mass is 16.7. The molecule has 4 aliphatic rings. The van der Waals surface area contributed by atoms with Crippen molar-refractivity contribution in [2.45, 2.75) is 189 Å². The molecule has 0 aromatic carbocycles. The fourth-order valence-corrected chi connectivity index (χ4v) is 10.6. The Bertz CT molecular complexity index is 1990. The largest absolute Gasteiger partial charge is 0.462 e. The first-order valence-corrected chi connectivity index (χ1v) is 28.4. The van der Waals surface area contributed by atoms with Crippen LogP contribution >= 0.6 is 0 Å². The number of hydrogen-bond acceptors (Lipinski definition) is 20. The van der Waals surface area contributed by atoms with Crippen molar-refractivity contribution in [3.63, 3.8) is 0 Å². The number of aliphatic hydroxyl groups is 10. The molecule has 19 atom stereocenters. The second-order valence-corrected chi connectivity index (χ2v) is 22.1. The highest BCUT2D eigenvalue weighted by molar-refractivity contribution is 5.80. The lowest BCUT2D eigenvalue weighted by molar-refractivity contribution is -0.311. The SMILES string of the molecule is C[C@@H]1OC(=O)CC(O)CC(O)CCC(O)C(O)CC(O)CC2(O)C[C@H](O)C(C(=O)N3CCN(C)CC3)C(CC(O[C@@H]3O[C@H](C)C(O)C(N(CCCN)CCCN)[C@@H]3O)/C=C/C=C/C=C/C=C/C=C/C=C/C=C/[C@H](C)C(O)[C@H]1C)O2. The number of aliphatic hydroxyl groups excluding tert-OH is 9. The molecule has 4 aliphatic heterocycles. The lowest BCUT2D eigenvalue weighted by Gasteiger charge is -2.48. The van der Waals surface area contributed by atoms with Crippen LogP contribution in [0.3, 0.4) is 0 Å². The number of likely N-dealkylation sites (N-methyl/N-ethyl adjacent to an activating group) is 1. The van der Waals surface area contributed by atoms with Crippen LogP contribution in [0.15, 0.2) is 85.1 Å². The molecule has 2 bridgehead atoms. The third-order valence-corrected chi connectivity index (χ3v) is 15.5. The minimum absolute atomic E-state index is 0.0916. The van der Waals surface area contributed by atoms with E-state index in [0.717, 1.165) is 0 Å². The molecule has 3 saturated heterocycles. The molecule has 0 radical (unpaired) electrons. The number of allylic oxidation sites excluding steroid dienone is 12. The lowest BCUT2D eigenvalue weighted by atomic mass is 9.81. The minimum Gasteiger partial charge on any atom is -0.462 e. The van der Waals surface area contributed by atoms with E-state index in [2.05, 4.69) is 4.90 Å². The van der Waals surface area contributed by atoms with Crippen LogP contribution in [0.25, 0.3) is 0 Å². The molecule has 14 N–H and O–H groups in total. The maximum atomic E-state index is 14.5. The Morgan fingerprint density at radius 2 is 1.24 bits per heavy atom. The topological polar surface area (TPSA) is 335 Å². The molecule has 21 heteroatoms. The van der Waals surface area contributed by atoms with Gasteiger partial charge in [-0.05, 0) is 79.2 Å². The molecule has 79 heavy (non-hydrogen) atoms. The summed E-state index contributed by atoms with van der Waals surface area (Å²) in [7, 11) is 1.94. The first kappa shape index (κ1) is 67.9. The number of carbonyl (C=O) groups is 2. The molecule has 0 spiro atoms. The number of carbonyl (C=O) groups excluding carboxylic acids is 2. The molecule has 0 aromatic rings. The highest BCUT2D eigenvalue weighted by Gasteiger charge is 2.52. The van der Waals surface area contributed by atoms with Gasteiger partial charge in [0.2, 0.25) is 5.91 Å². The second-order valence-electron chi connectivity index (χ2n) is 22.1. The van der Waals surface area contributed by atoms with E-state index in [4.69, 9.17) is 30.4 Å². The van der Waals surface area contributed by atoms with Crippen LogP contribution in [0.5, 0.6) is 0 Å². The fourth-order valence-electron chi connectivity index (χ4n) is 10.6. The predicted octanol–water partition coefficient (Wildman–Crippen LogP) is 0.442. The van der Waals surface area contributed by atoms with Crippen molar-refractivity contribution in [2.24, 2.45) is 29.2 Å². The van der Waals surface area contributed by atoms with E-state index < -0.39 is 147 Å². The number of cyclic esters (lactones) is 1. The quantitative estimate of drug-likeness (QED) is 0.132. The summed E-state index contributed by atoms with van der Waals surface area (Å²) in [5, 5.41) is 113. The second kappa shape index (κ2) is 34.8. The summed E-state index contributed by atoms with van der Waals surface area (Å²) in [4.78, 5) is 32.9. The number of esters is 1. The van der Waals surface area contributed by atoms with Crippen molar-refractivity contribution >= 4 is 11.9 Å². The summed E-state index contributed by atoms with van der Waals surface area (Å²) >= 11 is 0. The van der Waals surface area contributed by atoms with Crippen LogP contribution in [-0.4, -0.2) is 235 Å². The Labute approximate surface area is 467 Å². The molecule has 21 nitrogen and oxygen atoms in total. The van der Waals surface area contributed by atoms with Gasteiger partial charge in [-0.3, -0.25) is 14.5 Å². The average molecular weight is 1120 g/mol. The standard InChI is InChI=1S/C58H97N5O16/c1-38-20-16-14-12-10-8-6-7-9-11-13-15-17-21-45(78-57-55(73)52(54(72)41(4)77-57)62(26-18-24-59)27-19-25-60)35-49-51(56(74)63-30-28-61(5)29-31-63)48(69)37-58(75,79-49)36-44(66)33-47(68)46(67)23-22-42(64)32-43(65)34-50(70)76-40(3)39(2)53(38)71/h6-17,20-21,38-49,51-55,57,64-69,71-73,75H,18-19,22-37,59-60H2,1-5H3/b7-6+,10-8+,11-9+,14-12+,15-13+,20-16+,21-17+/t38-,39-,40-,41+,42?,43?,44?,45?,46?,47?,48-,49?,51?,52?,53?,54?,55-,57-,58?/m0/s1. The van der Waals surface area contributed by atoms with Gasteiger partial charge in [-0.2, -0.15) is 0 Å². The zero-order valence-corrected chi connectivity index (χ0v) is 47.1. The van der Waals surface area contributed by atoms with Gasteiger partial charge in [-0.1, -0.05) is 98.9 Å². The van der Waals surface area contributed by atoms with Gasteiger partial charge in [-0.25, -0.2) is 0 Å². The van der Waals surface area contributed by atoms with E-state index >= 15 is 0 Å². The zero-order valence-electron chi connectivity index (χ0n) is 47.1. The number of piperazine rings is 1. The van der Waals surface area contributed by atoms with Gasteiger partial charge < -0.3 is 91.3 Å². The van der Waals surface area contributed by atoms with Crippen molar-refractivity contribution in [1.82, 2.24) is 14.7 Å². The van der Waals surface area contributed by atoms with Gasteiger partial charge in [0.1, 0.15) is 12.2 Å². The van der Waals surface area contributed by atoms with Gasteiger partial charge in [0.15, 0.2) is 12.1 Å². The number of ether oxygens (including phenoxy) is 4. The van der Waals surface area contributed by atoms with Gasteiger partial charge in [0, 0.05) is 63.7 Å². The summed E-state index contributed by atoms with van der Waals surface area (Å²) < 4.78 is 24.7. The van der Waals surface area contributed by atoms with Crippen molar-refractivity contribution in [2.75, 3.05) is 59.4 Å². The van der Waals surface area contributed by atoms with Gasteiger partial charge in [0.05, 0.1) is 85.5 Å². The Morgan fingerprint density at radius 1 is 0.671 bits per heavy atom. The molecule has 12 unspecified atom stereocenters. The lowest BCUT2D eigenvalue weighted by Crippen LogP contribution is -2.64. The van der Waals surface area contributed by atoms with E-state index in [1.165, 1.54) is 0 Å². The summed E-state index contributed by atoms with van der Waals surface area (Å²) in [5.41, 5.74) is 11.8. The molecular formula is C58H97N5O16. The van der Waals surface area contributed by atoms with E-state index in [0.29, 0.717) is 65.2 Å².